The van der Waals surface area contributed by atoms with E-state index < -0.39 is 0 Å². The van der Waals surface area contributed by atoms with Crippen LogP contribution in [-0.4, -0.2) is 28.5 Å². The topological polar surface area (TPSA) is 72.9 Å². The molecule has 1 atom stereocenters. The summed E-state index contributed by atoms with van der Waals surface area (Å²) in [6, 6.07) is 0. The van der Waals surface area contributed by atoms with Crippen molar-refractivity contribution in [3.05, 3.63) is 18.2 Å². The molecule has 1 amide bonds. The second kappa shape index (κ2) is 5.50. The number of nitrogens with zero attached hydrogens (tertiary/aromatic N) is 2. The number of aryl methyl sites for hydroxylation is 1. The monoisotopic (exact) mass is 210 g/mol. The average molecular weight is 210 g/mol. The molecule has 15 heavy (non-hydrogen) atoms. The number of aromatic nitrogens is 2. The van der Waals surface area contributed by atoms with E-state index in [0.29, 0.717) is 13.1 Å². The van der Waals surface area contributed by atoms with Crippen LogP contribution in [0.2, 0.25) is 0 Å². The van der Waals surface area contributed by atoms with Crippen LogP contribution in [0.25, 0.3) is 0 Å². The summed E-state index contributed by atoms with van der Waals surface area (Å²) in [6.07, 6.45) is 3.65. The summed E-state index contributed by atoms with van der Waals surface area (Å²) < 4.78 is 1.99. The van der Waals surface area contributed by atoms with Gasteiger partial charge in [-0.05, 0) is 6.92 Å². The van der Waals surface area contributed by atoms with E-state index in [1.165, 1.54) is 0 Å². The van der Waals surface area contributed by atoms with Crippen LogP contribution in [0, 0.1) is 12.8 Å². The van der Waals surface area contributed by atoms with E-state index >= 15 is 0 Å². The molecule has 0 saturated carbocycles. The lowest BCUT2D eigenvalue weighted by Gasteiger charge is -2.10. The first-order chi connectivity index (χ1) is 7.15. The van der Waals surface area contributed by atoms with Crippen LogP contribution < -0.4 is 11.1 Å². The largest absolute Gasteiger partial charge is 0.354 e. The van der Waals surface area contributed by atoms with Crippen molar-refractivity contribution in [3.8, 4) is 0 Å². The molecule has 0 fully saturated rings. The lowest BCUT2D eigenvalue weighted by atomic mass is 10.2. The fourth-order valence-corrected chi connectivity index (χ4v) is 1.22. The van der Waals surface area contributed by atoms with E-state index in [4.69, 9.17) is 5.73 Å². The third-order valence-corrected chi connectivity index (χ3v) is 2.38. The highest BCUT2D eigenvalue weighted by Crippen LogP contribution is 1.94. The molecule has 5 heteroatoms. The minimum atomic E-state index is -0.117. The third-order valence-electron chi connectivity index (χ3n) is 2.38. The summed E-state index contributed by atoms with van der Waals surface area (Å²) in [5.74, 6) is 0.847. The summed E-state index contributed by atoms with van der Waals surface area (Å²) in [6.45, 7) is 5.49. The van der Waals surface area contributed by atoms with Gasteiger partial charge >= 0.3 is 0 Å². The number of amides is 1. The number of carbonyl (C=O) groups excluding carboxylic acids is 1. The molecule has 0 bridgehead atoms. The van der Waals surface area contributed by atoms with Gasteiger partial charge in [0.15, 0.2) is 0 Å². The molecule has 5 nitrogen and oxygen atoms in total. The quantitative estimate of drug-likeness (QED) is 0.713. The molecular weight excluding hydrogens is 192 g/mol. The molecule has 0 aliphatic rings. The first-order valence-electron chi connectivity index (χ1n) is 5.10. The summed E-state index contributed by atoms with van der Waals surface area (Å²) in [4.78, 5) is 15.5. The lowest BCUT2D eigenvalue weighted by molar-refractivity contribution is -0.124. The first kappa shape index (κ1) is 11.7. The van der Waals surface area contributed by atoms with Crippen molar-refractivity contribution in [1.82, 2.24) is 14.9 Å². The fourth-order valence-electron chi connectivity index (χ4n) is 1.22. The average Bonchev–Trinajstić information content (AvgIpc) is 2.63. The number of nitrogens with two attached hydrogens (primary N) is 1. The Bertz CT molecular complexity index is 321. The van der Waals surface area contributed by atoms with Gasteiger partial charge in [0.1, 0.15) is 5.82 Å². The minimum Gasteiger partial charge on any atom is -0.354 e. The maximum absolute atomic E-state index is 11.4. The fraction of sp³-hybridized carbons (Fsp3) is 0.600. The predicted molar refractivity (Wildman–Crippen MR) is 58.2 cm³/mol. The van der Waals surface area contributed by atoms with Gasteiger partial charge in [-0.15, -0.1) is 0 Å². The van der Waals surface area contributed by atoms with Gasteiger partial charge in [-0.1, -0.05) is 6.92 Å². The molecule has 0 aliphatic carbocycles. The van der Waals surface area contributed by atoms with Crippen LogP contribution in [0.3, 0.4) is 0 Å². The maximum atomic E-state index is 11.4. The normalized spacial score (nSPS) is 12.5. The van der Waals surface area contributed by atoms with Gasteiger partial charge in [-0.3, -0.25) is 4.79 Å². The van der Waals surface area contributed by atoms with Crippen LogP contribution in [0.5, 0.6) is 0 Å². The van der Waals surface area contributed by atoms with Crippen LogP contribution in [0.15, 0.2) is 12.4 Å². The molecule has 0 saturated heterocycles. The SMILES string of the molecule is Cc1nccn1CCNC(=O)C(C)CN. The third kappa shape index (κ3) is 3.36. The van der Waals surface area contributed by atoms with Gasteiger partial charge < -0.3 is 15.6 Å². The Morgan fingerprint density at radius 1 is 1.73 bits per heavy atom. The highest BCUT2D eigenvalue weighted by Gasteiger charge is 2.09. The van der Waals surface area contributed by atoms with Crippen molar-refractivity contribution < 1.29 is 4.79 Å². The van der Waals surface area contributed by atoms with Crippen LogP contribution >= 0.6 is 0 Å². The van der Waals surface area contributed by atoms with E-state index in [1.807, 2.05) is 24.6 Å². The van der Waals surface area contributed by atoms with E-state index in [9.17, 15) is 4.79 Å². The Morgan fingerprint density at radius 3 is 3.00 bits per heavy atom. The van der Waals surface area contributed by atoms with Gasteiger partial charge in [0.05, 0.1) is 0 Å². The van der Waals surface area contributed by atoms with Crippen molar-refractivity contribution in [1.29, 1.82) is 0 Å². The maximum Gasteiger partial charge on any atom is 0.224 e. The summed E-state index contributed by atoms with van der Waals surface area (Å²) in [5.41, 5.74) is 5.39. The molecule has 1 aromatic rings. The Hall–Kier alpha value is -1.36. The van der Waals surface area contributed by atoms with Crippen molar-refractivity contribution in [2.75, 3.05) is 13.1 Å². The zero-order valence-electron chi connectivity index (χ0n) is 9.23. The number of carbonyl (C=O) groups is 1. The number of nitrogens with one attached hydrogen (secondary N) is 1. The molecule has 0 spiro atoms. The number of hydrogen-bond acceptors (Lipinski definition) is 3. The first-order valence-corrected chi connectivity index (χ1v) is 5.10. The Morgan fingerprint density at radius 2 is 2.47 bits per heavy atom. The van der Waals surface area contributed by atoms with Crippen LogP contribution in [0.1, 0.15) is 12.7 Å². The van der Waals surface area contributed by atoms with Gasteiger partial charge in [-0.2, -0.15) is 0 Å². The molecule has 0 aliphatic heterocycles. The zero-order valence-corrected chi connectivity index (χ0v) is 9.23. The van der Waals surface area contributed by atoms with E-state index in [1.54, 1.807) is 6.20 Å². The Balaban J connectivity index is 2.28. The molecule has 0 radical (unpaired) electrons. The van der Waals surface area contributed by atoms with Crippen LogP contribution in [-0.2, 0) is 11.3 Å². The number of hydrogen-bond donors (Lipinski definition) is 2. The number of imidazole rings is 1. The van der Waals surface area contributed by atoms with Crippen molar-refractivity contribution in [2.45, 2.75) is 20.4 Å². The van der Waals surface area contributed by atoms with Gasteiger partial charge in [0.2, 0.25) is 5.91 Å². The summed E-state index contributed by atoms with van der Waals surface area (Å²) in [5, 5.41) is 2.83. The predicted octanol–water partition coefficient (Wildman–Crippen LogP) is -0.0975. The Labute approximate surface area is 89.7 Å². The highest BCUT2D eigenvalue weighted by atomic mass is 16.1. The van der Waals surface area contributed by atoms with E-state index in [2.05, 4.69) is 10.3 Å². The molecule has 1 rings (SSSR count). The van der Waals surface area contributed by atoms with Crippen molar-refractivity contribution in [2.24, 2.45) is 11.7 Å². The summed E-state index contributed by atoms with van der Waals surface area (Å²) in [7, 11) is 0. The van der Waals surface area contributed by atoms with E-state index in [0.717, 1.165) is 12.4 Å². The minimum absolute atomic E-state index is 0.00951. The number of rotatable bonds is 5. The van der Waals surface area contributed by atoms with Gasteiger partial charge in [0, 0.05) is 37.9 Å². The molecule has 0 aromatic carbocycles. The molecule has 84 valence electrons. The molecular formula is C10H18N4O. The van der Waals surface area contributed by atoms with Crippen LogP contribution in [0.4, 0.5) is 0 Å². The van der Waals surface area contributed by atoms with E-state index in [-0.39, 0.29) is 11.8 Å². The smallest absolute Gasteiger partial charge is 0.224 e. The summed E-state index contributed by atoms with van der Waals surface area (Å²) >= 11 is 0. The second-order valence-electron chi connectivity index (χ2n) is 3.60. The molecule has 1 unspecified atom stereocenters. The van der Waals surface area contributed by atoms with Gasteiger partial charge in [0.25, 0.3) is 0 Å². The van der Waals surface area contributed by atoms with Crippen molar-refractivity contribution >= 4 is 5.91 Å². The standard InChI is InChI=1S/C10H18N4O/c1-8(7-11)10(15)13-4-6-14-5-3-12-9(14)2/h3,5,8H,4,6-7,11H2,1-2H3,(H,13,15). The van der Waals surface area contributed by atoms with Crippen molar-refractivity contribution in [3.63, 3.8) is 0 Å². The van der Waals surface area contributed by atoms with Gasteiger partial charge in [-0.25, -0.2) is 4.98 Å². The highest BCUT2D eigenvalue weighted by molar-refractivity contribution is 5.78. The molecule has 1 heterocycles. The zero-order chi connectivity index (χ0) is 11.3. The molecule has 3 N–H and O–H groups in total. The Kier molecular flexibility index (Phi) is 4.30. The lowest BCUT2D eigenvalue weighted by Crippen LogP contribution is -2.35. The second-order valence-corrected chi connectivity index (χ2v) is 3.60. The molecule has 1 aromatic heterocycles.